The Labute approximate surface area is 165 Å². The van der Waals surface area contributed by atoms with Gasteiger partial charge in [0.2, 0.25) is 10.0 Å². The lowest BCUT2D eigenvalue weighted by Gasteiger charge is -2.32. The number of carbonyl (C=O) groups is 1. The number of carbonyl (C=O) groups excluding carboxylic acids is 1. The van der Waals surface area contributed by atoms with Crippen LogP contribution in [0.15, 0.2) is 41.6 Å². The first kappa shape index (κ1) is 20.3. The Bertz CT molecular complexity index is 908. The summed E-state index contributed by atoms with van der Waals surface area (Å²) >= 11 is 0. The highest BCUT2D eigenvalue weighted by Gasteiger charge is 2.26. The molecule has 0 radical (unpaired) electrons. The maximum absolute atomic E-state index is 12.7. The zero-order valence-corrected chi connectivity index (χ0v) is 17.0. The van der Waals surface area contributed by atoms with E-state index in [-0.39, 0.29) is 16.7 Å². The summed E-state index contributed by atoms with van der Waals surface area (Å²) in [4.78, 5) is 14.7. The van der Waals surface area contributed by atoms with E-state index in [1.807, 2.05) is 6.92 Å². The topological polar surface area (TPSA) is 93.5 Å². The summed E-state index contributed by atoms with van der Waals surface area (Å²) in [7, 11) is -2.06. The number of aryl methyl sites for hydroxylation is 1. The van der Waals surface area contributed by atoms with Crippen LogP contribution < -0.4 is 9.46 Å². The molecule has 28 heavy (non-hydrogen) atoms. The van der Waals surface area contributed by atoms with Crippen molar-refractivity contribution in [3.63, 3.8) is 0 Å². The van der Waals surface area contributed by atoms with Gasteiger partial charge in [-0.2, -0.15) is 5.10 Å². The second-order valence-corrected chi connectivity index (χ2v) is 8.64. The number of nitrogens with zero attached hydrogens (tertiary/aromatic N) is 3. The maximum Gasteiger partial charge on any atom is 0.257 e. The number of aromatic nitrogens is 2. The molecule has 2 aromatic rings. The van der Waals surface area contributed by atoms with Crippen LogP contribution in [0.25, 0.3) is 0 Å². The highest BCUT2D eigenvalue weighted by molar-refractivity contribution is 7.89. The molecule has 3 rings (SSSR count). The van der Waals surface area contributed by atoms with Gasteiger partial charge in [0.15, 0.2) is 0 Å². The lowest BCUT2D eigenvalue weighted by molar-refractivity contribution is 0.0676. The van der Waals surface area contributed by atoms with Crippen molar-refractivity contribution >= 4 is 15.9 Å². The first-order chi connectivity index (χ1) is 13.4. The standard InChI is InChI=1S/C19H26N4O4S/c1-3-23-14-16(12-20-23)19(24)22-10-4-5-15(13-22)11-21-28(25,26)18-8-6-17(27-2)7-9-18/h6-9,12,14-15,21H,3-5,10-11,13H2,1-2H3/t15-/m0/s1. The molecule has 1 N–H and O–H groups in total. The molecule has 1 aromatic carbocycles. The Morgan fingerprint density at radius 3 is 2.71 bits per heavy atom. The van der Waals surface area contributed by atoms with Gasteiger partial charge in [-0.3, -0.25) is 9.48 Å². The first-order valence-corrected chi connectivity index (χ1v) is 10.9. The quantitative estimate of drug-likeness (QED) is 0.756. The van der Waals surface area contributed by atoms with Crippen LogP contribution in [0.5, 0.6) is 5.75 Å². The molecular weight excluding hydrogens is 380 g/mol. The van der Waals surface area contributed by atoms with Crippen molar-refractivity contribution in [1.82, 2.24) is 19.4 Å². The van der Waals surface area contributed by atoms with Crippen LogP contribution in [0, 0.1) is 5.92 Å². The monoisotopic (exact) mass is 406 g/mol. The second-order valence-electron chi connectivity index (χ2n) is 6.87. The molecule has 0 bridgehead atoms. The molecule has 0 unspecified atom stereocenters. The van der Waals surface area contributed by atoms with Gasteiger partial charge in [0.05, 0.1) is 23.8 Å². The average Bonchev–Trinajstić information content (AvgIpc) is 3.21. The number of methoxy groups -OCH3 is 1. The van der Waals surface area contributed by atoms with Gasteiger partial charge < -0.3 is 9.64 Å². The fourth-order valence-corrected chi connectivity index (χ4v) is 4.43. The molecule has 1 aromatic heterocycles. The summed E-state index contributed by atoms with van der Waals surface area (Å²) < 4.78 is 34.5. The number of piperidine rings is 1. The fourth-order valence-electron chi connectivity index (χ4n) is 3.31. The van der Waals surface area contributed by atoms with E-state index in [2.05, 4.69) is 9.82 Å². The highest BCUT2D eigenvalue weighted by atomic mass is 32.2. The molecule has 1 amide bonds. The summed E-state index contributed by atoms with van der Waals surface area (Å²) in [6, 6.07) is 6.27. The molecule has 8 nitrogen and oxygen atoms in total. The number of nitrogens with one attached hydrogen (secondary N) is 1. The number of hydrogen-bond donors (Lipinski definition) is 1. The molecule has 2 heterocycles. The summed E-state index contributed by atoms with van der Waals surface area (Å²) in [6.45, 7) is 4.18. The van der Waals surface area contributed by atoms with E-state index >= 15 is 0 Å². The number of hydrogen-bond acceptors (Lipinski definition) is 5. The number of ether oxygens (including phenoxy) is 1. The van der Waals surface area contributed by atoms with Crippen LogP contribution in [-0.2, 0) is 16.6 Å². The van der Waals surface area contributed by atoms with Crippen molar-refractivity contribution < 1.29 is 17.9 Å². The third kappa shape index (κ3) is 4.71. The van der Waals surface area contributed by atoms with Gasteiger partial charge in [-0.1, -0.05) is 0 Å². The molecule has 1 atom stereocenters. The largest absolute Gasteiger partial charge is 0.497 e. The molecular formula is C19H26N4O4S. The van der Waals surface area contributed by atoms with Crippen molar-refractivity contribution in [2.24, 2.45) is 5.92 Å². The average molecular weight is 407 g/mol. The third-order valence-electron chi connectivity index (χ3n) is 4.94. The van der Waals surface area contributed by atoms with Gasteiger partial charge >= 0.3 is 0 Å². The van der Waals surface area contributed by atoms with E-state index in [9.17, 15) is 13.2 Å². The van der Waals surface area contributed by atoms with Gasteiger partial charge in [0.1, 0.15) is 5.75 Å². The lowest BCUT2D eigenvalue weighted by Crippen LogP contribution is -2.43. The van der Waals surface area contributed by atoms with Crippen molar-refractivity contribution in [3.8, 4) is 5.75 Å². The van der Waals surface area contributed by atoms with E-state index in [0.29, 0.717) is 37.5 Å². The van der Waals surface area contributed by atoms with Crippen LogP contribution in [0.2, 0.25) is 0 Å². The SMILES string of the molecule is CCn1cc(C(=O)N2CCC[C@@H](CNS(=O)(=O)c3ccc(OC)cc3)C2)cn1. The van der Waals surface area contributed by atoms with Gasteiger partial charge in [0, 0.05) is 32.4 Å². The Morgan fingerprint density at radius 1 is 1.32 bits per heavy atom. The normalized spacial score (nSPS) is 17.5. The molecule has 0 aliphatic carbocycles. The van der Waals surface area contributed by atoms with Gasteiger partial charge in [0.25, 0.3) is 5.91 Å². The van der Waals surface area contributed by atoms with Crippen molar-refractivity contribution in [2.45, 2.75) is 31.2 Å². The Kier molecular flexibility index (Phi) is 6.35. The summed E-state index contributed by atoms with van der Waals surface area (Å²) in [5, 5.41) is 4.15. The van der Waals surface area contributed by atoms with Gasteiger partial charge in [-0.25, -0.2) is 13.1 Å². The van der Waals surface area contributed by atoms with E-state index in [4.69, 9.17) is 4.74 Å². The predicted molar refractivity (Wildman–Crippen MR) is 105 cm³/mol. The Balaban J connectivity index is 1.59. The van der Waals surface area contributed by atoms with E-state index in [0.717, 1.165) is 12.8 Å². The molecule has 0 spiro atoms. The summed E-state index contributed by atoms with van der Waals surface area (Å²) in [6.07, 6.45) is 5.06. The minimum atomic E-state index is -3.60. The number of benzene rings is 1. The molecule has 1 saturated heterocycles. The van der Waals surface area contributed by atoms with Crippen LogP contribution in [0.4, 0.5) is 0 Å². The van der Waals surface area contributed by atoms with Crippen molar-refractivity contribution in [2.75, 3.05) is 26.7 Å². The lowest BCUT2D eigenvalue weighted by atomic mass is 9.98. The smallest absolute Gasteiger partial charge is 0.257 e. The molecule has 1 aliphatic rings. The number of amides is 1. The Hall–Kier alpha value is -2.39. The van der Waals surface area contributed by atoms with Gasteiger partial charge in [-0.15, -0.1) is 0 Å². The minimum Gasteiger partial charge on any atom is -0.497 e. The highest BCUT2D eigenvalue weighted by Crippen LogP contribution is 2.20. The zero-order chi connectivity index (χ0) is 20.1. The van der Waals surface area contributed by atoms with Crippen molar-refractivity contribution in [1.29, 1.82) is 0 Å². The minimum absolute atomic E-state index is 0.0533. The Morgan fingerprint density at radius 2 is 2.07 bits per heavy atom. The molecule has 1 aliphatic heterocycles. The number of sulfonamides is 1. The molecule has 9 heteroatoms. The van der Waals surface area contributed by atoms with E-state index in [1.165, 1.54) is 19.2 Å². The zero-order valence-electron chi connectivity index (χ0n) is 16.2. The number of likely N-dealkylation sites (tertiary alicyclic amines) is 1. The van der Waals surface area contributed by atoms with Gasteiger partial charge in [-0.05, 0) is 49.9 Å². The predicted octanol–water partition coefficient (Wildman–Crippen LogP) is 1.74. The van der Waals surface area contributed by atoms with Crippen LogP contribution in [0.1, 0.15) is 30.1 Å². The molecule has 0 saturated carbocycles. The van der Waals surface area contributed by atoms with Crippen LogP contribution >= 0.6 is 0 Å². The number of rotatable bonds is 7. The molecule has 1 fully saturated rings. The summed E-state index contributed by atoms with van der Waals surface area (Å²) in [5.41, 5.74) is 0.571. The van der Waals surface area contributed by atoms with Crippen LogP contribution in [0.3, 0.4) is 0 Å². The fraction of sp³-hybridized carbons (Fsp3) is 0.474. The van der Waals surface area contributed by atoms with E-state index in [1.54, 1.807) is 34.1 Å². The van der Waals surface area contributed by atoms with Crippen molar-refractivity contribution in [3.05, 3.63) is 42.2 Å². The molecule has 152 valence electrons. The first-order valence-electron chi connectivity index (χ1n) is 9.38. The second kappa shape index (κ2) is 8.74. The van der Waals surface area contributed by atoms with Crippen LogP contribution in [-0.4, -0.2) is 55.7 Å². The van der Waals surface area contributed by atoms with E-state index < -0.39 is 10.0 Å². The summed E-state index contributed by atoms with van der Waals surface area (Å²) in [5.74, 6) is 0.626. The maximum atomic E-state index is 12.7. The third-order valence-corrected chi connectivity index (χ3v) is 6.38.